The molecule has 14 heteroatoms. The maximum atomic E-state index is 13.9. The second kappa shape index (κ2) is 12.8. The fraction of sp³-hybridized carbons (Fsp3) is 0.357. The number of halogens is 3. The first kappa shape index (κ1) is 30.2. The van der Waals surface area contributed by atoms with E-state index in [0.717, 1.165) is 5.56 Å². The molecule has 0 spiro atoms. The molecule has 2 aromatic carbocycles. The van der Waals surface area contributed by atoms with Gasteiger partial charge in [-0.3, -0.25) is 14.4 Å². The van der Waals surface area contributed by atoms with Gasteiger partial charge in [-0.05, 0) is 36.1 Å². The summed E-state index contributed by atoms with van der Waals surface area (Å²) < 4.78 is 51.0. The van der Waals surface area contributed by atoms with Gasteiger partial charge in [-0.15, -0.1) is 6.42 Å². The van der Waals surface area contributed by atoms with Gasteiger partial charge in [-0.25, -0.2) is 13.6 Å². The molecule has 0 fully saturated rings. The second-order valence-electron chi connectivity index (χ2n) is 9.62. The maximum Gasteiger partial charge on any atom is 0.408 e. The minimum atomic E-state index is -1.70. The van der Waals surface area contributed by atoms with Gasteiger partial charge in [-0.2, -0.15) is 4.39 Å². The number of nitrogens with zero attached hydrogens (tertiary/aromatic N) is 1. The number of carboxylic acid groups (broad SMARTS) is 1. The van der Waals surface area contributed by atoms with Gasteiger partial charge in [0.05, 0.1) is 12.5 Å². The van der Waals surface area contributed by atoms with Gasteiger partial charge < -0.3 is 35.2 Å². The molecule has 0 bridgehead atoms. The zero-order chi connectivity index (χ0) is 30.6. The average molecular weight is 590 g/mol. The number of amides is 2. The van der Waals surface area contributed by atoms with Crippen molar-refractivity contribution < 1.29 is 52.0 Å². The number of carboxylic acids is 1. The van der Waals surface area contributed by atoms with Crippen LogP contribution in [0.25, 0.3) is 0 Å². The molecule has 2 aliphatic heterocycles. The summed E-state index contributed by atoms with van der Waals surface area (Å²) >= 11 is 0. The number of carbonyl (C=O) groups is 4. The number of aliphatic carboxylic acids is 1. The van der Waals surface area contributed by atoms with Crippen LogP contribution in [0.15, 0.2) is 30.3 Å². The zero-order valence-electron chi connectivity index (χ0n) is 21.9. The van der Waals surface area contributed by atoms with Crippen LogP contribution in [0.1, 0.15) is 24.0 Å². The van der Waals surface area contributed by atoms with Crippen LogP contribution in [0.5, 0.6) is 5.75 Å². The van der Waals surface area contributed by atoms with Crippen molar-refractivity contribution in [3.63, 3.8) is 0 Å². The number of nitrogens with one attached hydrogen (secondary N) is 2. The number of terminal acetylenes is 1. The monoisotopic (exact) mass is 589 g/mol. The Bertz CT molecular complexity index is 1450. The van der Waals surface area contributed by atoms with Crippen LogP contribution in [0.4, 0.5) is 23.7 Å². The molecule has 4 N–H and O–H groups in total. The highest BCUT2D eigenvalue weighted by molar-refractivity contribution is 5.96. The lowest BCUT2D eigenvalue weighted by atomic mass is 10.0. The molecule has 2 amide bonds. The van der Waals surface area contributed by atoms with E-state index in [4.69, 9.17) is 15.9 Å². The molecule has 2 aromatic rings. The smallest absolute Gasteiger partial charge is 0.408 e. The Kier molecular flexibility index (Phi) is 9.21. The van der Waals surface area contributed by atoms with Crippen molar-refractivity contribution in [2.45, 2.75) is 50.0 Å². The quantitative estimate of drug-likeness (QED) is 0.238. The van der Waals surface area contributed by atoms with E-state index in [-0.39, 0.29) is 19.4 Å². The summed E-state index contributed by atoms with van der Waals surface area (Å²) in [5.74, 6) is -6.79. The molecule has 4 atom stereocenters. The van der Waals surface area contributed by atoms with Crippen molar-refractivity contribution in [1.29, 1.82) is 0 Å². The van der Waals surface area contributed by atoms with E-state index in [0.29, 0.717) is 29.8 Å². The van der Waals surface area contributed by atoms with E-state index in [1.165, 1.54) is 4.90 Å². The molecular formula is C28H26F3N3O8. The number of ketones is 1. The van der Waals surface area contributed by atoms with Gasteiger partial charge in [0.1, 0.15) is 24.9 Å². The van der Waals surface area contributed by atoms with Gasteiger partial charge in [0.2, 0.25) is 11.7 Å². The molecule has 4 rings (SSSR count). The van der Waals surface area contributed by atoms with Crippen LogP contribution in [-0.4, -0.2) is 71.5 Å². The lowest BCUT2D eigenvalue weighted by Crippen LogP contribution is -2.58. The van der Waals surface area contributed by atoms with Crippen LogP contribution < -0.4 is 20.3 Å². The number of hydrogen-bond donors (Lipinski definition) is 4. The maximum absolute atomic E-state index is 13.9. The van der Waals surface area contributed by atoms with E-state index in [1.54, 1.807) is 18.2 Å². The summed E-state index contributed by atoms with van der Waals surface area (Å²) in [5, 5.41) is 25.5. The molecule has 0 saturated carbocycles. The minimum absolute atomic E-state index is 0.0739. The molecule has 0 aliphatic carbocycles. The highest BCUT2D eigenvalue weighted by Crippen LogP contribution is 2.40. The Morgan fingerprint density at radius 2 is 1.83 bits per heavy atom. The van der Waals surface area contributed by atoms with Crippen LogP contribution in [0, 0.1) is 29.8 Å². The molecule has 2 unspecified atom stereocenters. The van der Waals surface area contributed by atoms with Crippen molar-refractivity contribution in [3.05, 3.63) is 58.9 Å². The fourth-order valence-electron chi connectivity index (χ4n) is 5.01. The number of aliphatic hydroxyl groups excluding tert-OH is 1. The normalized spacial score (nSPS) is 19.5. The highest BCUT2D eigenvalue weighted by atomic mass is 19.2. The third kappa shape index (κ3) is 6.41. The summed E-state index contributed by atoms with van der Waals surface area (Å²) in [6, 6.07) is 2.70. The first-order valence-electron chi connectivity index (χ1n) is 12.8. The van der Waals surface area contributed by atoms with E-state index >= 15 is 0 Å². The first-order chi connectivity index (χ1) is 20.0. The third-order valence-electron chi connectivity index (χ3n) is 6.92. The molecule has 0 saturated heterocycles. The van der Waals surface area contributed by atoms with Gasteiger partial charge in [0.15, 0.2) is 29.8 Å². The average Bonchev–Trinajstić information content (AvgIpc) is 3.29. The van der Waals surface area contributed by atoms with E-state index in [9.17, 15) is 42.6 Å². The topological polar surface area (TPSA) is 154 Å². The van der Waals surface area contributed by atoms with Gasteiger partial charge in [0.25, 0.3) is 0 Å². The van der Waals surface area contributed by atoms with Gasteiger partial charge in [-0.1, -0.05) is 24.1 Å². The molecule has 11 nitrogen and oxygen atoms in total. The number of hydrogen-bond acceptors (Lipinski definition) is 8. The molecule has 2 aliphatic rings. The van der Waals surface area contributed by atoms with Crippen LogP contribution in [-0.2, 0) is 32.0 Å². The number of ether oxygens (including phenoxy) is 2. The molecule has 0 radical (unpaired) electrons. The van der Waals surface area contributed by atoms with E-state index in [1.807, 2.05) is 0 Å². The van der Waals surface area contributed by atoms with Gasteiger partial charge in [0, 0.05) is 12.1 Å². The minimum Gasteiger partial charge on any atom is -0.481 e. The molecule has 0 aromatic heterocycles. The predicted molar refractivity (Wildman–Crippen MR) is 139 cm³/mol. The van der Waals surface area contributed by atoms with Crippen molar-refractivity contribution in [2.24, 2.45) is 0 Å². The number of carbonyl (C=O) groups excluding carboxylic acids is 3. The zero-order valence-corrected chi connectivity index (χ0v) is 21.9. The Balaban J connectivity index is 1.54. The molecule has 2 heterocycles. The lowest BCUT2D eigenvalue weighted by molar-refractivity contribution is -0.140. The van der Waals surface area contributed by atoms with Crippen LogP contribution >= 0.6 is 0 Å². The SMILES string of the molecule is C#CCOC(=O)N[C@H]1CCc2cccc3c2N(C1O)[C@H](C(=O)NC(CC(=O)O)C(=O)COc1c(F)ccc(F)c1F)C3. The highest BCUT2D eigenvalue weighted by Gasteiger charge is 2.44. The second-order valence-corrected chi connectivity index (χ2v) is 9.62. The Hall–Kier alpha value is -4.77. The van der Waals surface area contributed by atoms with Crippen molar-refractivity contribution in [2.75, 3.05) is 18.1 Å². The summed E-state index contributed by atoms with van der Waals surface area (Å²) in [6.45, 7) is -1.38. The Morgan fingerprint density at radius 3 is 2.55 bits per heavy atom. The number of alkyl carbamates (subject to hydrolysis) is 1. The predicted octanol–water partition coefficient (Wildman–Crippen LogP) is 1.44. The fourth-order valence-corrected chi connectivity index (χ4v) is 5.01. The lowest BCUT2D eigenvalue weighted by Gasteiger charge is -2.35. The third-order valence-corrected chi connectivity index (χ3v) is 6.92. The van der Waals surface area contributed by atoms with E-state index in [2.05, 4.69) is 16.6 Å². The number of benzene rings is 2. The first-order valence-corrected chi connectivity index (χ1v) is 12.8. The van der Waals surface area contributed by atoms with Crippen LogP contribution in [0.2, 0.25) is 0 Å². The largest absolute Gasteiger partial charge is 0.481 e. The standard InChI is InChI=1S/C28H26F3N3O8/c1-2-10-41-28(40)33-18-9-6-14-4-3-5-15-11-20(34(24(14)15)27(18)39)26(38)32-19(12-22(36)37)21(35)13-42-25-17(30)8-7-16(29)23(25)31/h1,3-5,7-8,18-20,27,39H,6,9-13H2,(H,32,38)(H,33,40)(H,36,37)/t18-,19?,20-,27?/m0/s1. The number of anilines is 1. The summed E-state index contributed by atoms with van der Waals surface area (Å²) in [4.78, 5) is 51.4. The summed E-state index contributed by atoms with van der Waals surface area (Å²) in [7, 11) is 0. The van der Waals surface area contributed by atoms with Crippen LogP contribution in [0.3, 0.4) is 0 Å². The summed E-state index contributed by atoms with van der Waals surface area (Å²) in [5.41, 5.74) is 2.05. The van der Waals surface area contributed by atoms with Crippen molar-refractivity contribution in [1.82, 2.24) is 10.6 Å². The number of Topliss-reactive ketones (excluding diaryl/α,β-unsaturated/α-hetero) is 1. The summed E-state index contributed by atoms with van der Waals surface area (Å²) in [6.07, 6.45) is 2.68. The van der Waals surface area contributed by atoms with E-state index < -0.39 is 84.3 Å². The molecule has 222 valence electrons. The van der Waals surface area contributed by atoms with Crippen molar-refractivity contribution >= 4 is 29.4 Å². The van der Waals surface area contributed by atoms with Crippen molar-refractivity contribution in [3.8, 4) is 18.1 Å². The number of aliphatic hydroxyl groups is 1. The molecular weight excluding hydrogens is 563 g/mol. The number of para-hydroxylation sites is 1. The number of aryl methyl sites for hydroxylation is 1. The number of rotatable bonds is 10. The Morgan fingerprint density at radius 1 is 1.12 bits per heavy atom. The molecule has 42 heavy (non-hydrogen) atoms. The van der Waals surface area contributed by atoms with Gasteiger partial charge >= 0.3 is 12.1 Å². The Labute approximate surface area is 237 Å².